The molecule has 2 aromatic carbocycles. The summed E-state index contributed by atoms with van der Waals surface area (Å²) < 4.78 is 17.6. The Balaban J connectivity index is 1.85. The van der Waals surface area contributed by atoms with E-state index in [9.17, 15) is 14.4 Å². The normalized spacial score (nSPS) is 15.6. The molecule has 2 amide bonds. The van der Waals surface area contributed by atoms with Crippen LogP contribution in [0.1, 0.15) is 31.9 Å². The van der Waals surface area contributed by atoms with Crippen molar-refractivity contribution in [2.75, 3.05) is 13.2 Å². The molecule has 1 saturated heterocycles. The lowest BCUT2D eigenvalue weighted by molar-refractivity contribution is -0.150. The average Bonchev–Trinajstić information content (AvgIpc) is 3.06. The minimum Gasteiger partial charge on any atom is -0.490 e. The highest BCUT2D eigenvalue weighted by atomic mass is 127. The lowest BCUT2D eigenvalue weighted by Gasteiger charge is -2.19. The van der Waals surface area contributed by atoms with Crippen molar-refractivity contribution in [2.24, 2.45) is 0 Å². The summed E-state index contributed by atoms with van der Waals surface area (Å²) in [6.45, 7) is 6.03. The number of thioether (sulfide) groups is 1. The van der Waals surface area contributed by atoms with Crippen LogP contribution in [-0.4, -0.2) is 41.3 Å². The van der Waals surface area contributed by atoms with E-state index in [1.165, 1.54) is 6.92 Å². The van der Waals surface area contributed by atoms with Gasteiger partial charge >= 0.3 is 5.97 Å². The van der Waals surface area contributed by atoms with Crippen molar-refractivity contribution >= 4 is 57.5 Å². The molecule has 0 saturated carbocycles. The van der Waals surface area contributed by atoms with Crippen LogP contribution in [0, 0.1) is 3.57 Å². The van der Waals surface area contributed by atoms with E-state index >= 15 is 0 Å². The number of esters is 1. The van der Waals surface area contributed by atoms with Gasteiger partial charge in [0, 0.05) is 0 Å². The van der Waals surface area contributed by atoms with E-state index in [2.05, 4.69) is 22.6 Å². The van der Waals surface area contributed by atoms with Crippen molar-refractivity contribution in [3.8, 4) is 11.5 Å². The maximum Gasteiger partial charge on any atom is 0.329 e. The highest BCUT2D eigenvalue weighted by molar-refractivity contribution is 14.1. The number of halogens is 1. The number of imide groups is 1. The molecule has 0 spiro atoms. The molecule has 9 heteroatoms. The van der Waals surface area contributed by atoms with Crippen LogP contribution >= 0.6 is 34.4 Å². The minimum atomic E-state index is -0.990. The third-order valence-electron chi connectivity index (χ3n) is 4.69. The van der Waals surface area contributed by atoms with Gasteiger partial charge in [-0.05, 0) is 84.5 Å². The Morgan fingerprint density at radius 2 is 1.85 bits per heavy atom. The summed E-state index contributed by atoms with van der Waals surface area (Å²) >= 11 is 2.95. The van der Waals surface area contributed by atoms with Gasteiger partial charge in [-0.1, -0.05) is 30.3 Å². The quantitative estimate of drug-likeness (QED) is 0.227. The SMILES string of the molecule is CCOC(=O)[C@H](C)N1C(=O)S/C(=C/c2cc(I)c(OCc3ccccc3)c(OCC)c2)C1=O. The number of ether oxygens (including phenoxy) is 3. The van der Waals surface area contributed by atoms with Crippen LogP contribution in [-0.2, 0) is 20.9 Å². The van der Waals surface area contributed by atoms with E-state index in [0.717, 1.165) is 25.8 Å². The molecule has 0 aromatic heterocycles. The van der Waals surface area contributed by atoms with Crippen molar-refractivity contribution in [1.29, 1.82) is 0 Å². The standard InChI is InChI=1S/C24H24INO6S/c1-4-30-19-12-17(11-18(25)21(19)32-14-16-9-7-6-8-10-16)13-20-22(27)26(24(29)33-20)15(3)23(28)31-5-2/h6-13,15H,4-5,14H2,1-3H3/b20-13+/t15-/m0/s1. The predicted octanol–water partition coefficient (Wildman–Crippen LogP) is 5.26. The van der Waals surface area contributed by atoms with Gasteiger partial charge in [-0.15, -0.1) is 0 Å². The summed E-state index contributed by atoms with van der Waals surface area (Å²) in [6, 6.07) is 12.4. The molecule has 33 heavy (non-hydrogen) atoms. The summed E-state index contributed by atoms with van der Waals surface area (Å²) in [5, 5.41) is -0.505. The van der Waals surface area contributed by atoms with E-state index < -0.39 is 23.2 Å². The Hall–Kier alpha value is -2.53. The molecule has 1 aliphatic heterocycles. The van der Waals surface area contributed by atoms with Gasteiger partial charge in [0.2, 0.25) is 0 Å². The number of amides is 2. The number of carbonyl (C=O) groups excluding carboxylic acids is 3. The van der Waals surface area contributed by atoms with Crippen LogP contribution in [0.3, 0.4) is 0 Å². The van der Waals surface area contributed by atoms with E-state index in [1.54, 1.807) is 19.1 Å². The fourth-order valence-corrected chi connectivity index (χ4v) is 4.83. The molecule has 0 unspecified atom stereocenters. The third kappa shape index (κ3) is 6.08. The molecular formula is C24H24INO6S. The number of hydrogen-bond acceptors (Lipinski definition) is 7. The molecule has 1 aliphatic rings. The second kappa shape index (κ2) is 11.6. The fourth-order valence-electron chi connectivity index (χ4n) is 3.14. The van der Waals surface area contributed by atoms with Gasteiger partial charge in [-0.25, -0.2) is 4.79 Å². The van der Waals surface area contributed by atoms with Crippen molar-refractivity contribution < 1.29 is 28.6 Å². The van der Waals surface area contributed by atoms with Crippen LogP contribution in [0.25, 0.3) is 6.08 Å². The topological polar surface area (TPSA) is 82.1 Å². The average molecular weight is 581 g/mol. The van der Waals surface area contributed by atoms with E-state index in [1.807, 2.05) is 43.3 Å². The Labute approximate surface area is 210 Å². The molecule has 1 fully saturated rings. The molecule has 1 atom stereocenters. The number of rotatable bonds is 9. The first-order valence-electron chi connectivity index (χ1n) is 10.4. The number of hydrogen-bond donors (Lipinski definition) is 0. The summed E-state index contributed by atoms with van der Waals surface area (Å²) in [7, 11) is 0. The minimum absolute atomic E-state index is 0.173. The molecule has 174 valence electrons. The molecule has 1 heterocycles. The lowest BCUT2D eigenvalue weighted by atomic mass is 10.1. The zero-order valence-corrected chi connectivity index (χ0v) is 21.5. The van der Waals surface area contributed by atoms with Gasteiger partial charge in [-0.2, -0.15) is 0 Å². The van der Waals surface area contributed by atoms with E-state index in [4.69, 9.17) is 14.2 Å². The fraction of sp³-hybridized carbons (Fsp3) is 0.292. The monoisotopic (exact) mass is 581 g/mol. The van der Waals surface area contributed by atoms with Gasteiger partial charge in [0.25, 0.3) is 11.1 Å². The van der Waals surface area contributed by atoms with E-state index in [-0.39, 0.29) is 11.5 Å². The highest BCUT2D eigenvalue weighted by Gasteiger charge is 2.41. The zero-order valence-electron chi connectivity index (χ0n) is 18.5. The summed E-state index contributed by atoms with van der Waals surface area (Å²) in [4.78, 5) is 38.4. The van der Waals surface area contributed by atoms with Crippen molar-refractivity contribution in [3.05, 3.63) is 62.1 Å². The predicted molar refractivity (Wildman–Crippen MR) is 135 cm³/mol. The maximum atomic E-state index is 12.8. The molecule has 0 bridgehead atoms. The Kier molecular flexibility index (Phi) is 8.79. The largest absolute Gasteiger partial charge is 0.490 e. The molecule has 3 rings (SSSR count). The molecule has 7 nitrogen and oxygen atoms in total. The summed E-state index contributed by atoms with van der Waals surface area (Å²) in [6.07, 6.45) is 1.62. The van der Waals surface area contributed by atoms with Crippen LogP contribution in [0.5, 0.6) is 11.5 Å². The second-order valence-electron chi connectivity index (χ2n) is 7.02. The number of carbonyl (C=O) groups is 3. The van der Waals surface area contributed by atoms with E-state index in [0.29, 0.717) is 30.3 Å². The molecule has 0 aliphatic carbocycles. The van der Waals surface area contributed by atoms with Crippen molar-refractivity contribution in [3.63, 3.8) is 0 Å². The molecule has 2 aromatic rings. The van der Waals surface area contributed by atoms with Gasteiger partial charge < -0.3 is 14.2 Å². The Morgan fingerprint density at radius 1 is 1.12 bits per heavy atom. The first kappa shape index (κ1) is 25.1. The highest BCUT2D eigenvalue weighted by Crippen LogP contribution is 2.38. The Morgan fingerprint density at radius 3 is 2.52 bits per heavy atom. The maximum absolute atomic E-state index is 12.8. The second-order valence-corrected chi connectivity index (χ2v) is 9.17. The van der Waals surface area contributed by atoms with Crippen LogP contribution < -0.4 is 9.47 Å². The Bertz CT molecular complexity index is 1070. The summed E-state index contributed by atoms with van der Waals surface area (Å²) in [5.41, 5.74) is 1.72. The number of nitrogens with zero attached hydrogens (tertiary/aromatic N) is 1. The first-order valence-corrected chi connectivity index (χ1v) is 12.3. The zero-order chi connectivity index (χ0) is 24.0. The van der Waals surface area contributed by atoms with Crippen molar-refractivity contribution in [1.82, 2.24) is 4.90 Å². The van der Waals surface area contributed by atoms with Crippen LogP contribution in [0.15, 0.2) is 47.4 Å². The van der Waals surface area contributed by atoms with Crippen LogP contribution in [0.2, 0.25) is 0 Å². The van der Waals surface area contributed by atoms with Crippen molar-refractivity contribution in [2.45, 2.75) is 33.4 Å². The van der Waals surface area contributed by atoms with Gasteiger partial charge in [0.1, 0.15) is 12.6 Å². The third-order valence-corrected chi connectivity index (χ3v) is 6.38. The summed E-state index contributed by atoms with van der Waals surface area (Å²) in [5.74, 6) is 0.0188. The molecule has 0 N–H and O–H groups in total. The molecular weight excluding hydrogens is 557 g/mol. The van der Waals surface area contributed by atoms with Crippen LogP contribution in [0.4, 0.5) is 4.79 Å². The van der Waals surface area contributed by atoms with Gasteiger partial charge in [-0.3, -0.25) is 14.5 Å². The number of benzene rings is 2. The lowest BCUT2D eigenvalue weighted by Crippen LogP contribution is -2.42. The smallest absolute Gasteiger partial charge is 0.329 e. The molecule has 0 radical (unpaired) electrons. The van der Waals surface area contributed by atoms with Gasteiger partial charge in [0.05, 0.1) is 21.7 Å². The first-order chi connectivity index (χ1) is 15.8. The van der Waals surface area contributed by atoms with Gasteiger partial charge in [0.15, 0.2) is 11.5 Å².